The molecule has 4 rings (SSSR count). The minimum absolute atomic E-state index is 0.115. The summed E-state index contributed by atoms with van der Waals surface area (Å²) in [7, 11) is 0. The van der Waals surface area contributed by atoms with E-state index in [-0.39, 0.29) is 11.7 Å². The molecule has 0 unspecified atom stereocenters. The Kier molecular flexibility index (Phi) is 7.67. The molecule has 0 saturated carbocycles. The van der Waals surface area contributed by atoms with Crippen LogP contribution >= 0.6 is 35.0 Å². The molecular formula is C25H21Cl2N5OS. The summed E-state index contributed by atoms with van der Waals surface area (Å²) in [6.45, 7) is 3.80. The zero-order valence-electron chi connectivity index (χ0n) is 18.5. The first kappa shape index (κ1) is 24.0. The molecule has 4 aromatic rings. The van der Waals surface area contributed by atoms with Gasteiger partial charge >= 0.3 is 0 Å². The molecule has 0 spiro atoms. The number of hydrazone groups is 1. The number of hydrogen-bond donors (Lipinski definition) is 1. The number of aromatic nitrogens is 3. The normalized spacial score (nSPS) is 11.5. The number of amides is 1. The molecule has 0 bridgehead atoms. The number of rotatable bonds is 7. The van der Waals surface area contributed by atoms with Gasteiger partial charge in [0.2, 0.25) is 0 Å². The standard InChI is InChI=1S/C25H21Cl2N5OS/c1-16-8-11-20(12-9-16)32-24(18-6-4-3-5-7-18)30-31-25(32)34-15-23(33)29-28-17(2)21-13-10-19(26)14-22(21)27/h3-14H,15H2,1-2H3,(H,29,33). The first-order chi connectivity index (χ1) is 16.4. The zero-order chi connectivity index (χ0) is 24.1. The molecule has 1 aromatic heterocycles. The van der Waals surface area contributed by atoms with Gasteiger partial charge in [0.05, 0.1) is 16.5 Å². The highest BCUT2D eigenvalue weighted by Crippen LogP contribution is 2.28. The fourth-order valence-electron chi connectivity index (χ4n) is 3.22. The van der Waals surface area contributed by atoms with Crippen LogP contribution in [0.5, 0.6) is 0 Å². The van der Waals surface area contributed by atoms with Gasteiger partial charge in [0, 0.05) is 21.8 Å². The second-order valence-corrected chi connectivity index (χ2v) is 9.27. The van der Waals surface area contributed by atoms with Crippen LogP contribution in [-0.2, 0) is 4.79 Å². The molecular weight excluding hydrogens is 489 g/mol. The molecule has 6 nitrogen and oxygen atoms in total. The molecule has 172 valence electrons. The van der Waals surface area contributed by atoms with E-state index in [9.17, 15) is 4.79 Å². The van der Waals surface area contributed by atoms with Crippen LogP contribution in [0, 0.1) is 6.92 Å². The average molecular weight is 510 g/mol. The molecule has 0 saturated heterocycles. The van der Waals surface area contributed by atoms with Gasteiger partial charge in [0.25, 0.3) is 5.91 Å². The summed E-state index contributed by atoms with van der Waals surface area (Å²) in [6.07, 6.45) is 0. The number of carbonyl (C=O) groups excluding carboxylic acids is 1. The van der Waals surface area contributed by atoms with Crippen molar-refractivity contribution in [2.45, 2.75) is 19.0 Å². The van der Waals surface area contributed by atoms with Crippen LogP contribution in [0.4, 0.5) is 0 Å². The van der Waals surface area contributed by atoms with Gasteiger partial charge < -0.3 is 0 Å². The lowest BCUT2D eigenvalue weighted by atomic mass is 10.1. The van der Waals surface area contributed by atoms with E-state index in [2.05, 4.69) is 20.7 Å². The Bertz CT molecular complexity index is 1340. The van der Waals surface area contributed by atoms with Crippen molar-refractivity contribution in [3.63, 3.8) is 0 Å². The molecule has 3 aromatic carbocycles. The maximum Gasteiger partial charge on any atom is 0.250 e. The highest BCUT2D eigenvalue weighted by atomic mass is 35.5. The lowest BCUT2D eigenvalue weighted by molar-refractivity contribution is -0.118. The molecule has 0 radical (unpaired) electrons. The average Bonchev–Trinajstić information content (AvgIpc) is 3.26. The van der Waals surface area contributed by atoms with Crippen LogP contribution in [0.2, 0.25) is 10.0 Å². The number of halogens is 2. The van der Waals surface area contributed by atoms with E-state index in [0.717, 1.165) is 16.8 Å². The molecule has 0 fully saturated rings. The van der Waals surface area contributed by atoms with Gasteiger partial charge in [0.1, 0.15) is 0 Å². The van der Waals surface area contributed by atoms with Crippen molar-refractivity contribution >= 4 is 46.6 Å². The SMILES string of the molecule is CC(=NNC(=O)CSc1nnc(-c2ccccc2)n1-c1ccc(C)cc1)c1ccc(Cl)cc1Cl. The molecule has 34 heavy (non-hydrogen) atoms. The third kappa shape index (κ3) is 5.67. The summed E-state index contributed by atoms with van der Waals surface area (Å²) in [5.41, 5.74) is 6.87. The summed E-state index contributed by atoms with van der Waals surface area (Å²) in [5.74, 6) is 0.553. The minimum Gasteiger partial charge on any atom is -0.272 e. The summed E-state index contributed by atoms with van der Waals surface area (Å²) < 4.78 is 1.95. The van der Waals surface area contributed by atoms with Gasteiger partial charge in [-0.3, -0.25) is 9.36 Å². The van der Waals surface area contributed by atoms with Crippen LogP contribution < -0.4 is 5.43 Å². The van der Waals surface area contributed by atoms with E-state index < -0.39 is 0 Å². The minimum atomic E-state index is -0.269. The van der Waals surface area contributed by atoms with E-state index in [0.29, 0.717) is 32.3 Å². The second-order valence-electron chi connectivity index (χ2n) is 7.49. The quantitative estimate of drug-likeness (QED) is 0.183. The number of benzene rings is 3. The van der Waals surface area contributed by atoms with Gasteiger partial charge in [-0.2, -0.15) is 5.10 Å². The van der Waals surface area contributed by atoms with Crippen LogP contribution in [-0.4, -0.2) is 32.1 Å². The maximum absolute atomic E-state index is 12.5. The Hall–Kier alpha value is -3.13. The highest BCUT2D eigenvalue weighted by Gasteiger charge is 2.17. The molecule has 0 atom stereocenters. The van der Waals surface area contributed by atoms with Crippen LogP contribution in [0.1, 0.15) is 18.1 Å². The van der Waals surface area contributed by atoms with E-state index in [1.807, 2.05) is 66.1 Å². The molecule has 9 heteroatoms. The second kappa shape index (κ2) is 10.9. The Morgan fingerprint density at radius 2 is 1.76 bits per heavy atom. The van der Waals surface area contributed by atoms with Gasteiger partial charge in [-0.15, -0.1) is 10.2 Å². The number of nitrogens with one attached hydrogen (secondary N) is 1. The smallest absolute Gasteiger partial charge is 0.250 e. The van der Waals surface area contributed by atoms with Crippen molar-refractivity contribution in [1.82, 2.24) is 20.2 Å². The van der Waals surface area contributed by atoms with Gasteiger partial charge in [-0.1, -0.05) is 89.1 Å². The van der Waals surface area contributed by atoms with E-state index in [4.69, 9.17) is 23.2 Å². The molecule has 1 amide bonds. The monoisotopic (exact) mass is 509 g/mol. The number of thioether (sulfide) groups is 1. The Balaban J connectivity index is 1.52. The van der Waals surface area contributed by atoms with Crippen molar-refractivity contribution in [2.24, 2.45) is 5.10 Å². The van der Waals surface area contributed by atoms with E-state index in [1.165, 1.54) is 11.8 Å². The summed E-state index contributed by atoms with van der Waals surface area (Å²) in [6, 6.07) is 23.0. The van der Waals surface area contributed by atoms with Crippen molar-refractivity contribution < 1.29 is 4.79 Å². The van der Waals surface area contributed by atoms with Gasteiger partial charge in [-0.25, -0.2) is 5.43 Å². The fourth-order valence-corrected chi connectivity index (χ4v) is 4.51. The summed E-state index contributed by atoms with van der Waals surface area (Å²) in [4.78, 5) is 12.5. The van der Waals surface area contributed by atoms with E-state index in [1.54, 1.807) is 25.1 Å². The Morgan fingerprint density at radius 3 is 2.47 bits per heavy atom. The maximum atomic E-state index is 12.5. The first-order valence-electron chi connectivity index (χ1n) is 10.4. The van der Waals surface area contributed by atoms with Crippen molar-refractivity contribution in [2.75, 3.05) is 5.75 Å². The number of hydrogen-bond acceptors (Lipinski definition) is 5. The highest BCUT2D eigenvalue weighted by molar-refractivity contribution is 7.99. The van der Waals surface area contributed by atoms with Crippen molar-refractivity contribution in [3.8, 4) is 17.1 Å². The summed E-state index contributed by atoms with van der Waals surface area (Å²) >= 11 is 13.5. The number of nitrogens with zero attached hydrogens (tertiary/aromatic N) is 4. The predicted octanol–water partition coefficient (Wildman–Crippen LogP) is 6.18. The van der Waals surface area contributed by atoms with Crippen LogP contribution in [0.15, 0.2) is 83.1 Å². The van der Waals surface area contributed by atoms with Gasteiger partial charge in [0.15, 0.2) is 11.0 Å². The van der Waals surface area contributed by atoms with Crippen molar-refractivity contribution in [3.05, 3.63) is 94.0 Å². The molecule has 0 aliphatic heterocycles. The zero-order valence-corrected chi connectivity index (χ0v) is 20.8. The fraction of sp³-hybridized carbons (Fsp3) is 0.120. The third-order valence-electron chi connectivity index (χ3n) is 4.96. The molecule has 0 aliphatic carbocycles. The largest absolute Gasteiger partial charge is 0.272 e. The lowest BCUT2D eigenvalue weighted by Gasteiger charge is -2.10. The molecule has 0 aliphatic rings. The number of aryl methyl sites for hydroxylation is 1. The third-order valence-corrected chi connectivity index (χ3v) is 6.44. The van der Waals surface area contributed by atoms with Crippen LogP contribution in [0.25, 0.3) is 17.1 Å². The molecule has 1 heterocycles. The Morgan fingerprint density at radius 1 is 1.03 bits per heavy atom. The van der Waals surface area contributed by atoms with Crippen molar-refractivity contribution in [1.29, 1.82) is 0 Å². The predicted molar refractivity (Wildman–Crippen MR) is 139 cm³/mol. The number of carbonyl (C=O) groups is 1. The van der Waals surface area contributed by atoms with E-state index >= 15 is 0 Å². The Labute approximate surface area is 212 Å². The first-order valence-corrected chi connectivity index (χ1v) is 12.2. The topological polar surface area (TPSA) is 72.2 Å². The lowest BCUT2D eigenvalue weighted by Crippen LogP contribution is -2.21. The van der Waals surface area contributed by atoms with Crippen LogP contribution in [0.3, 0.4) is 0 Å². The molecule has 1 N–H and O–H groups in total. The summed E-state index contributed by atoms with van der Waals surface area (Å²) in [5, 5.41) is 14.5. The van der Waals surface area contributed by atoms with Gasteiger partial charge in [-0.05, 0) is 38.1 Å².